The molecular weight excluding hydrogens is 225 g/mol. The van der Waals surface area contributed by atoms with Crippen LogP contribution in [0.1, 0.15) is 5.56 Å². The molecule has 0 atom stereocenters. The largest absolute Gasteiger partial charge is 0.393 e. The molecular formula is C14H11F3. The first-order valence-corrected chi connectivity index (χ1v) is 5.26. The third kappa shape index (κ3) is 3.09. The lowest BCUT2D eigenvalue weighted by atomic mass is 9.98. The fraction of sp³-hybridized carbons (Fsp3) is 0.143. The van der Waals surface area contributed by atoms with Crippen molar-refractivity contribution in [3.8, 4) is 11.1 Å². The van der Waals surface area contributed by atoms with Gasteiger partial charge in [0.15, 0.2) is 0 Å². The molecule has 0 bridgehead atoms. The Morgan fingerprint density at radius 1 is 0.765 bits per heavy atom. The molecule has 0 saturated heterocycles. The number of alkyl halides is 3. The van der Waals surface area contributed by atoms with Gasteiger partial charge in [0, 0.05) is 0 Å². The van der Waals surface area contributed by atoms with E-state index in [4.69, 9.17) is 0 Å². The van der Waals surface area contributed by atoms with Gasteiger partial charge in [-0.25, -0.2) is 0 Å². The maximum atomic E-state index is 12.4. The summed E-state index contributed by atoms with van der Waals surface area (Å²) in [5.41, 5.74) is 1.77. The Morgan fingerprint density at radius 3 is 2.00 bits per heavy atom. The zero-order valence-electron chi connectivity index (χ0n) is 9.04. The summed E-state index contributed by atoms with van der Waals surface area (Å²) in [5, 5.41) is 0. The SMILES string of the molecule is FC(F)(F)Cc1ccccc1-c1ccccc1. The summed E-state index contributed by atoms with van der Waals surface area (Å²) >= 11 is 0. The molecule has 2 aromatic rings. The first kappa shape index (κ1) is 11.7. The van der Waals surface area contributed by atoms with Gasteiger partial charge >= 0.3 is 6.18 Å². The third-order valence-electron chi connectivity index (χ3n) is 2.49. The summed E-state index contributed by atoms with van der Waals surface area (Å²) < 4.78 is 37.3. The summed E-state index contributed by atoms with van der Waals surface area (Å²) in [4.78, 5) is 0. The Balaban J connectivity index is 2.41. The molecule has 17 heavy (non-hydrogen) atoms. The molecule has 0 aliphatic heterocycles. The Labute approximate surface area is 97.7 Å². The topological polar surface area (TPSA) is 0 Å². The summed E-state index contributed by atoms with van der Waals surface area (Å²) in [6, 6.07) is 15.7. The number of benzene rings is 2. The standard InChI is InChI=1S/C14H11F3/c15-14(16,17)10-12-8-4-5-9-13(12)11-6-2-1-3-7-11/h1-9H,10H2. The van der Waals surface area contributed by atoms with Crippen LogP contribution in [0.15, 0.2) is 54.6 Å². The number of hydrogen-bond acceptors (Lipinski definition) is 0. The molecule has 0 N–H and O–H groups in total. The summed E-state index contributed by atoms with van der Waals surface area (Å²) in [5.74, 6) is 0. The minimum atomic E-state index is -4.18. The Hall–Kier alpha value is -1.77. The molecule has 0 amide bonds. The summed E-state index contributed by atoms with van der Waals surface area (Å²) in [6.07, 6.45) is -5.07. The number of rotatable bonds is 2. The molecule has 0 fully saturated rings. The van der Waals surface area contributed by atoms with Crippen LogP contribution in [0.4, 0.5) is 13.2 Å². The number of hydrogen-bond donors (Lipinski definition) is 0. The normalized spacial score (nSPS) is 11.5. The van der Waals surface area contributed by atoms with E-state index in [1.165, 1.54) is 6.07 Å². The first-order chi connectivity index (χ1) is 8.06. The van der Waals surface area contributed by atoms with Gasteiger partial charge in [-0.05, 0) is 16.7 Å². The predicted octanol–water partition coefficient (Wildman–Crippen LogP) is 4.46. The van der Waals surface area contributed by atoms with Crippen LogP contribution in [0.5, 0.6) is 0 Å². The average molecular weight is 236 g/mol. The van der Waals surface area contributed by atoms with Crippen molar-refractivity contribution in [1.82, 2.24) is 0 Å². The van der Waals surface area contributed by atoms with Gasteiger partial charge in [0.1, 0.15) is 0 Å². The predicted molar refractivity (Wildman–Crippen MR) is 61.6 cm³/mol. The maximum Gasteiger partial charge on any atom is 0.393 e. The second-order valence-electron chi connectivity index (χ2n) is 3.82. The van der Waals surface area contributed by atoms with E-state index in [2.05, 4.69) is 0 Å². The Morgan fingerprint density at radius 2 is 1.35 bits per heavy atom. The highest BCUT2D eigenvalue weighted by molar-refractivity contribution is 5.67. The molecule has 2 rings (SSSR count). The first-order valence-electron chi connectivity index (χ1n) is 5.26. The van der Waals surface area contributed by atoms with Gasteiger partial charge in [-0.1, -0.05) is 54.6 Å². The molecule has 0 aromatic heterocycles. The van der Waals surface area contributed by atoms with Crippen LogP contribution in [0, 0.1) is 0 Å². The molecule has 3 heteroatoms. The van der Waals surface area contributed by atoms with Crippen molar-refractivity contribution in [2.75, 3.05) is 0 Å². The van der Waals surface area contributed by atoms with Gasteiger partial charge in [-0.3, -0.25) is 0 Å². The molecule has 0 radical (unpaired) electrons. The van der Waals surface area contributed by atoms with Crippen LogP contribution in [-0.4, -0.2) is 6.18 Å². The lowest BCUT2D eigenvalue weighted by Gasteiger charge is -2.11. The van der Waals surface area contributed by atoms with Crippen molar-refractivity contribution >= 4 is 0 Å². The van der Waals surface area contributed by atoms with Crippen molar-refractivity contribution in [3.63, 3.8) is 0 Å². The number of halogens is 3. The molecule has 0 saturated carbocycles. The Kier molecular flexibility index (Phi) is 3.18. The van der Waals surface area contributed by atoms with Gasteiger partial charge in [-0.15, -0.1) is 0 Å². The van der Waals surface area contributed by atoms with Crippen molar-refractivity contribution < 1.29 is 13.2 Å². The highest BCUT2D eigenvalue weighted by Crippen LogP contribution is 2.29. The van der Waals surface area contributed by atoms with E-state index >= 15 is 0 Å². The fourth-order valence-electron chi connectivity index (χ4n) is 1.79. The van der Waals surface area contributed by atoms with Gasteiger partial charge < -0.3 is 0 Å². The van der Waals surface area contributed by atoms with Gasteiger partial charge in [0.2, 0.25) is 0 Å². The summed E-state index contributed by atoms with van der Waals surface area (Å²) in [6.45, 7) is 0. The van der Waals surface area contributed by atoms with Crippen molar-refractivity contribution in [2.24, 2.45) is 0 Å². The monoisotopic (exact) mass is 236 g/mol. The van der Waals surface area contributed by atoms with E-state index in [1.807, 2.05) is 30.3 Å². The second-order valence-corrected chi connectivity index (χ2v) is 3.82. The molecule has 0 unspecified atom stereocenters. The van der Waals surface area contributed by atoms with Crippen LogP contribution < -0.4 is 0 Å². The van der Waals surface area contributed by atoms with Gasteiger partial charge in [-0.2, -0.15) is 13.2 Å². The molecule has 2 aromatic carbocycles. The van der Waals surface area contributed by atoms with E-state index < -0.39 is 12.6 Å². The molecule has 0 aliphatic carbocycles. The van der Waals surface area contributed by atoms with E-state index in [9.17, 15) is 13.2 Å². The van der Waals surface area contributed by atoms with E-state index in [-0.39, 0.29) is 0 Å². The minimum absolute atomic E-state index is 0.311. The quantitative estimate of drug-likeness (QED) is 0.722. The summed E-state index contributed by atoms with van der Waals surface area (Å²) in [7, 11) is 0. The van der Waals surface area contributed by atoms with Gasteiger partial charge in [0.05, 0.1) is 6.42 Å². The van der Waals surface area contributed by atoms with Crippen LogP contribution in [0.3, 0.4) is 0 Å². The highest BCUT2D eigenvalue weighted by Gasteiger charge is 2.28. The lowest BCUT2D eigenvalue weighted by molar-refractivity contribution is -0.127. The smallest absolute Gasteiger partial charge is 0.171 e. The van der Waals surface area contributed by atoms with Crippen LogP contribution >= 0.6 is 0 Å². The molecule has 0 aliphatic rings. The molecule has 0 nitrogen and oxygen atoms in total. The molecule has 0 spiro atoms. The zero-order valence-corrected chi connectivity index (χ0v) is 9.04. The van der Waals surface area contributed by atoms with E-state index in [0.29, 0.717) is 11.1 Å². The van der Waals surface area contributed by atoms with Crippen molar-refractivity contribution in [3.05, 3.63) is 60.2 Å². The maximum absolute atomic E-state index is 12.4. The van der Waals surface area contributed by atoms with Crippen LogP contribution in [0.2, 0.25) is 0 Å². The van der Waals surface area contributed by atoms with Crippen LogP contribution in [0.25, 0.3) is 11.1 Å². The van der Waals surface area contributed by atoms with Crippen molar-refractivity contribution in [2.45, 2.75) is 12.6 Å². The Bertz CT molecular complexity index is 486. The third-order valence-corrected chi connectivity index (χ3v) is 2.49. The average Bonchev–Trinajstić information content (AvgIpc) is 2.29. The minimum Gasteiger partial charge on any atom is -0.171 e. The molecule has 0 heterocycles. The fourth-order valence-corrected chi connectivity index (χ4v) is 1.79. The zero-order chi connectivity index (χ0) is 12.3. The van der Waals surface area contributed by atoms with E-state index in [1.54, 1.807) is 18.2 Å². The van der Waals surface area contributed by atoms with E-state index in [0.717, 1.165) is 5.56 Å². The van der Waals surface area contributed by atoms with Gasteiger partial charge in [0.25, 0.3) is 0 Å². The van der Waals surface area contributed by atoms with Crippen LogP contribution in [-0.2, 0) is 6.42 Å². The molecule has 88 valence electrons. The highest BCUT2D eigenvalue weighted by atomic mass is 19.4. The second kappa shape index (κ2) is 4.62. The lowest BCUT2D eigenvalue weighted by Crippen LogP contribution is -2.12. The van der Waals surface area contributed by atoms with Crippen molar-refractivity contribution in [1.29, 1.82) is 0 Å².